The average Bonchev–Trinajstić information content (AvgIpc) is 2.27. The summed E-state index contributed by atoms with van der Waals surface area (Å²) in [6.45, 7) is 11.3. The van der Waals surface area contributed by atoms with Crippen molar-refractivity contribution in [3.63, 3.8) is 0 Å². The van der Waals surface area contributed by atoms with E-state index in [2.05, 4.69) is 23.7 Å². The monoisotopic (exact) mass is 210 g/mol. The predicted octanol–water partition coefficient (Wildman–Crippen LogP) is 2.27. The quantitative estimate of drug-likeness (QED) is 0.677. The summed E-state index contributed by atoms with van der Waals surface area (Å²) in [7, 11) is 2.01. The molecule has 1 aliphatic rings. The SMILES string of the molecule is C=C(CCNC)CC1CCN(CC)CC1. The Balaban J connectivity index is 2.15. The predicted molar refractivity (Wildman–Crippen MR) is 67.1 cm³/mol. The fourth-order valence-corrected chi connectivity index (χ4v) is 2.32. The van der Waals surface area contributed by atoms with Crippen LogP contribution in [0.4, 0.5) is 0 Å². The van der Waals surface area contributed by atoms with Gasteiger partial charge in [-0.05, 0) is 64.8 Å². The second-order valence-corrected chi connectivity index (χ2v) is 4.69. The lowest BCUT2D eigenvalue weighted by Crippen LogP contribution is -2.33. The van der Waals surface area contributed by atoms with Gasteiger partial charge in [-0.15, -0.1) is 0 Å². The fourth-order valence-electron chi connectivity index (χ4n) is 2.32. The molecule has 1 fully saturated rings. The minimum absolute atomic E-state index is 0.900. The minimum Gasteiger partial charge on any atom is -0.319 e. The van der Waals surface area contributed by atoms with Crippen LogP contribution in [-0.2, 0) is 0 Å². The number of piperidine rings is 1. The van der Waals surface area contributed by atoms with Crippen LogP contribution < -0.4 is 5.32 Å². The second-order valence-electron chi connectivity index (χ2n) is 4.69. The van der Waals surface area contributed by atoms with Crippen molar-refractivity contribution in [1.82, 2.24) is 10.2 Å². The van der Waals surface area contributed by atoms with Crippen LogP contribution in [0.1, 0.15) is 32.6 Å². The Morgan fingerprint density at radius 2 is 2.07 bits per heavy atom. The number of nitrogens with zero attached hydrogens (tertiary/aromatic N) is 1. The average molecular weight is 210 g/mol. The van der Waals surface area contributed by atoms with Gasteiger partial charge in [0, 0.05) is 0 Å². The van der Waals surface area contributed by atoms with Crippen molar-refractivity contribution >= 4 is 0 Å². The molecule has 0 saturated carbocycles. The summed E-state index contributed by atoms with van der Waals surface area (Å²) < 4.78 is 0. The molecule has 1 N–H and O–H groups in total. The fraction of sp³-hybridized carbons (Fsp3) is 0.846. The molecule has 0 aromatic rings. The number of hydrogen-bond donors (Lipinski definition) is 1. The highest BCUT2D eigenvalue weighted by atomic mass is 15.1. The third kappa shape index (κ3) is 4.80. The number of rotatable bonds is 6. The smallest absolute Gasteiger partial charge is 0.00147 e. The van der Waals surface area contributed by atoms with E-state index in [0.717, 1.165) is 18.9 Å². The zero-order valence-electron chi connectivity index (χ0n) is 10.4. The molecule has 0 aromatic carbocycles. The molecule has 2 nitrogen and oxygen atoms in total. The highest BCUT2D eigenvalue weighted by Crippen LogP contribution is 2.24. The Morgan fingerprint density at radius 1 is 1.40 bits per heavy atom. The first kappa shape index (κ1) is 12.7. The van der Waals surface area contributed by atoms with E-state index in [-0.39, 0.29) is 0 Å². The van der Waals surface area contributed by atoms with Crippen molar-refractivity contribution in [2.24, 2.45) is 5.92 Å². The van der Waals surface area contributed by atoms with Crippen LogP contribution >= 0.6 is 0 Å². The molecular weight excluding hydrogens is 184 g/mol. The molecule has 2 heteroatoms. The maximum absolute atomic E-state index is 4.17. The zero-order valence-corrected chi connectivity index (χ0v) is 10.4. The summed E-state index contributed by atoms with van der Waals surface area (Å²) in [6, 6.07) is 0. The molecule has 15 heavy (non-hydrogen) atoms. The third-order valence-corrected chi connectivity index (χ3v) is 3.46. The topological polar surface area (TPSA) is 15.3 Å². The first-order chi connectivity index (χ1) is 7.26. The lowest BCUT2D eigenvalue weighted by molar-refractivity contribution is 0.191. The van der Waals surface area contributed by atoms with Crippen LogP contribution in [0.15, 0.2) is 12.2 Å². The maximum Gasteiger partial charge on any atom is -0.00147 e. The Hall–Kier alpha value is -0.340. The molecule has 1 aliphatic heterocycles. The Labute approximate surface area is 94.7 Å². The second kappa shape index (κ2) is 7.02. The van der Waals surface area contributed by atoms with Gasteiger partial charge in [-0.1, -0.05) is 19.1 Å². The minimum atomic E-state index is 0.900. The van der Waals surface area contributed by atoms with Gasteiger partial charge in [0.2, 0.25) is 0 Å². The van der Waals surface area contributed by atoms with Crippen molar-refractivity contribution < 1.29 is 0 Å². The van der Waals surface area contributed by atoms with E-state index in [0.29, 0.717) is 0 Å². The van der Waals surface area contributed by atoms with E-state index in [4.69, 9.17) is 0 Å². The van der Waals surface area contributed by atoms with Gasteiger partial charge < -0.3 is 10.2 Å². The molecule has 0 atom stereocenters. The normalized spacial score (nSPS) is 19.3. The molecule has 1 saturated heterocycles. The molecule has 0 unspecified atom stereocenters. The number of hydrogen-bond acceptors (Lipinski definition) is 2. The van der Waals surface area contributed by atoms with Gasteiger partial charge in [-0.2, -0.15) is 0 Å². The zero-order chi connectivity index (χ0) is 11.1. The molecule has 0 radical (unpaired) electrons. The van der Waals surface area contributed by atoms with E-state index >= 15 is 0 Å². The molecule has 88 valence electrons. The van der Waals surface area contributed by atoms with Crippen molar-refractivity contribution in [2.75, 3.05) is 33.2 Å². The van der Waals surface area contributed by atoms with Gasteiger partial charge >= 0.3 is 0 Å². The van der Waals surface area contributed by atoms with Gasteiger partial charge in [0.25, 0.3) is 0 Å². The van der Waals surface area contributed by atoms with Crippen LogP contribution in [-0.4, -0.2) is 38.1 Å². The molecule has 0 aliphatic carbocycles. The van der Waals surface area contributed by atoms with E-state index in [9.17, 15) is 0 Å². The van der Waals surface area contributed by atoms with E-state index in [1.165, 1.54) is 44.5 Å². The van der Waals surface area contributed by atoms with Gasteiger partial charge in [0.1, 0.15) is 0 Å². The van der Waals surface area contributed by atoms with E-state index < -0.39 is 0 Å². The molecular formula is C13H26N2. The third-order valence-electron chi connectivity index (χ3n) is 3.46. The standard InChI is InChI=1S/C13H26N2/c1-4-15-9-6-13(7-10-15)11-12(2)5-8-14-3/h13-14H,2,4-11H2,1,3H3. The van der Waals surface area contributed by atoms with Crippen LogP contribution in [0, 0.1) is 5.92 Å². The Morgan fingerprint density at radius 3 is 2.60 bits per heavy atom. The molecule has 0 spiro atoms. The summed E-state index contributed by atoms with van der Waals surface area (Å²) in [5, 5.41) is 3.18. The van der Waals surface area contributed by atoms with Gasteiger partial charge in [-0.3, -0.25) is 0 Å². The summed E-state index contributed by atoms with van der Waals surface area (Å²) in [5.74, 6) is 0.900. The van der Waals surface area contributed by atoms with Crippen molar-refractivity contribution in [1.29, 1.82) is 0 Å². The van der Waals surface area contributed by atoms with Crippen LogP contribution in [0.25, 0.3) is 0 Å². The van der Waals surface area contributed by atoms with Gasteiger partial charge in [0.05, 0.1) is 0 Å². The first-order valence-corrected chi connectivity index (χ1v) is 6.29. The van der Waals surface area contributed by atoms with Crippen LogP contribution in [0.5, 0.6) is 0 Å². The summed E-state index contributed by atoms with van der Waals surface area (Å²) in [4.78, 5) is 2.55. The lowest BCUT2D eigenvalue weighted by Gasteiger charge is -2.31. The van der Waals surface area contributed by atoms with Crippen molar-refractivity contribution in [2.45, 2.75) is 32.6 Å². The molecule has 0 amide bonds. The highest BCUT2D eigenvalue weighted by molar-refractivity contribution is 4.97. The summed E-state index contributed by atoms with van der Waals surface area (Å²) in [6.07, 6.45) is 5.13. The van der Waals surface area contributed by atoms with Crippen molar-refractivity contribution in [3.8, 4) is 0 Å². The van der Waals surface area contributed by atoms with Crippen molar-refractivity contribution in [3.05, 3.63) is 12.2 Å². The summed E-state index contributed by atoms with van der Waals surface area (Å²) in [5.41, 5.74) is 1.43. The molecule has 0 aromatic heterocycles. The van der Waals surface area contributed by atoms with E-state index in [1.807, 2.05) is 7.05 Å². The molecule has 0 bridgehead atoms. The Kier molecular flexibility index (Phi) is 5.96. The Bertz CT molecular complexity index is 181. The largest absolute Gasteiger partial charge is 0.319 e. The number of likely N-dealkylation sites (tertiary alicyclic amines) is 1. The lowest BCUT2D eigenvalue weighted by atomic mass is 9.89. The van der Waals surface area contributed by atoms with Crippen LogP contribution in [0.3, 0.4) is 0 Å². The summed E-state index contributed by atoms with van der Waals surface area (Å²) >= 11 is 0. The highest BCUT2D eigenvalue weighted by Gasteiger charge is 2.18. The van der Waals surface area contributed by atoms with E-state index in [1.54, 1.807) is 0 Å². The first-order valence-electron chi connectivity index (χ1n) is 6.29. The molecule has 1 heterocycles. The van der Waals surface area contributed by atoms with Gasteiger partial charge in [-0.25, -0.2) is 0 Å². The maximum atomic E-state index is 4.17. The van der Waals surface area contributed by atoms with Crippen LogP contribution in [0.2, 0.25) is 0 Å². The van der Waals surface area contributed by atoms with Gasteiger partial charge in [0.15, 0.2) is 0 Å². The molecule has 1 rings (SSSR count). The number of nitrogens with one attached hydrogen (secondary N) is 1.